The fourth-order valence-electron chi connectivity index (χ4n) is 1.90. The first-order valence-electron chi connectivity index (χ1n) is 6.98. The molecule has 24 heavy (non-hydrogen) atoms. The summed E-state index contributed by atoms with van der Waals surface area (Å²) in [6.07, 6.45) is 0. The number of carbonyl (C=O) groups is 1. The molecular weight excluding hydrogens is 394 g/mol. The van der Waals surface area contributed by atoms with E-state index in [9.17, 15) is 13.2 Å². The monoisotopic (exact) mass is 409 g/mol. The summed E-state index contributed by atoms with van der Waals surface area (Å²) in [7, 11) is -2.12. The van der Waals surface area contributed by atoms with Crippen LogP contribution in [0.3, 0.4) is 0 Å². The Morgan fingerprint density at radius 2 is 1.71 bits per heavy atom. The van der Waals surface area contributed by atoms with Crippen molar-refractivity contribution in [1.82, 2.24) is 10.1 Å². The molecule has 2 aromatic rings. The van der Waals surface area contributed by atoms with Gasteiger partial charge in [0.15, 0.2) is 0 Å². The number of halogens is 1. The third kappa shape index (κ3) is 4.28. The third-order valence-corrected chi connectivity index (χ3v) is 5.42. The van der Waals surface area contributed by atoms with E-state index in [0.29, 0.717) is 21.3 Å². The first-order valence-corrected chi connectivity index (χ1v) is 9.26. The molecule has 2 N–H and O–H groups in total. The molecule has 0 radical (unpaired) electrons. The highest BCUT2D eigenvalue weighted by molar-refractivity contribution is 9.10. The lowest BCUT2D eigenvalue weighted by atomic mass is 10.1. The summed E-state index contributed by atoms with van der Waals surface area (Å²) in [6, 6.07) is 13.3. The molecule has 2 aromatic carbocycles. The molecule has 0 aliphatic heterocycles. The van der Waals surface area contributed by atoms with Gasteiger partial charge in [0.05, 0.1) is 16.2 Å². The van der Waals surface area contributed by atoms with Crippen molar-refractivity contribution in [3.05, 3.63) is 64.1 Å². The lowest BCUT2D eigenvalue weighted by Gasteiger charge is -2.06. The van der Waals surface area contributed by atoms with Crippen LogP contribution in [0, 0.1) is 0 Å². The van der Waals surface area contributed by atoms with Crippen LogP contribution in [0.1, 0.15) is 22.8 Å². The minimum atomic E-state index is -3.47. The van der Waals surface area contributed by atoms with Gasteiger partial charge in [-0.2, -0.15) is 5.10 Å². The molecule has 126 valence electrons. The van der Waals surface area contributed by atoms with E-state index in [1.165, 1.54) is 19.2 Å². The summed E-state index contributed by atoms with van der Waals surface area (Å²) >= 11 is 3.31. The molecule has 0 heterocycles. The SMILES string of the molecule is CNS(=O)(=O)c1ccc(/C(C)=N\NC(=O)c2ccccc2Br)cc1. The van der Waals surface area contributed by atoms with E-state index >= 15 is 0 Å². The maximum atomic E-state index is 12.1. The van der Waals surface area contributed by atoms with Crippen molar-refractivity contribution in [1.29, 1.82) is 0 Å². The van der Waals surface area contributed by atoms with Crippen molar-refractivity contribution < 1.29 is 13.2 Å². The molecule has 0 saturated carbocycles. The van der Waals surface area contributed by atoms with Crippen LogP contribution in [0.5, 0.6) is 0 Å². The standard InChI is InChI=1S/C16H16BrN3O3S/c1-11(12-7-9-13(10-8-12)24(22,23)18-2)19-20-16(21)14-5-3-4-6-15(14)17/h3-10,18H,1-2H3,(H,20,21)/b19-11-. The normalized spacial score (nSPS) is 12.0. The van der Waals surface area contributed by atoms with E-state index < -0.39 is 10.0 Å². The Balaban J connectivity index is 2.14. The first kappa shape index (κ1) is 18.3. The Bertz CT molecular complexity index is 878. The number of amides is 1. The molecule has 8 heteroatoms. The lowest BCUT2D eigenvalue weighted by molar-refractivity contribution is 0.0954. The average Bonchev–Trinajstić information content (AvgIpc) is 2.60. The van der Waals surface area contributed by atoms with Crippen LogP contribution in [0.4, 0.5) is 0 Å². The molecule has 0 aliphatic carbocycles. The number of rotatable bonds is 5. The van der Waals surface area contributed by atoms with Crippen molar-refractivity contribution in [2.24, 2.45) is 5.10 Å². The maximum Gasteiger partial charge on any atom is 0.272 e. The number of hydrogen-bond acceptors (Lipinski definition) is 4. The van der Waals surface area contributed by atoms with Crippen molar-refractivity contribution in [3.63, 3.8) is 0 Å². The maximum absolute atomic E-state index is 12.1. The minimum absolute atomic E-state index is 0.166. The van der Waals surface area contributed by atoms with Crippen molar-refractivity contribution >= 4 is 37.6 Å². The van der Waals surface area contributed by atoms with Gasteiger partial charge in [0.1, 0.15) is 0 Å². The molecule has 0 bridgehead atoms. The molecule has 2 rings (SSSR count). The summed E-state index contributed by atoms with van der Waals surface area (Å²) in [6.45, 7) is 1.72. The molecule has 0 spiro atoms. The second kappa shape index (κ2) is 7.69. The van der Waals surface area contributed by atoms with Crippen LogP contribution < -0.4 is 10.1 Å². The highest BCUT2D eigenvalue weighted by Gasteiger charge is 2.11. The van der Waals surface area contributed by atoms with Gasteiger partial charge >= 0.3 is 0 Å². The van der Waals surface area contributed by atoms with Crippen molar-refractivity contribution in [2.75, 3.05) is 7.05 Å². The summed E-state index contributed by atoms with van der Waals surface area (Å²) in [5.41, 5.74) is 4.22. The molecule has 0 aromatic heterocycles. The van der Waals surface area contributed by atoms with Gasteiger partial charge in [-0.15, -0.1) is 0 Å². The zero-order valence-corrected chi connectivity index (χ0v) is 15.5. The van der Waals surface area contributed by atoms with Crippen LogP contribution in [0.15, 0.2) is 63.0 Å². The number of hydrazone groups is 1. The molecule has 0 fully saturated rings. The molecule has 0 aliphatic rings. The molecule has 0 unspecified atom stereocenters. The summed E-state index contributed by atoms with van der Waals surface area (Å²) < 4.78 is 26.3. The first-order chi connectivity index (χ1) is 11.3. The van der Waals surface area contributed by atoms with Crippen LogP contribution in [0.25, 0.3) is 0 Å². The Labute approximate surface area is 149 Å². The molecular formula is C16H16BrN3O3S. The fourth-order valence-corrected chi connectivity index (χ4v) is 3.09. The number of nitrogens with one attached hydrogen (secondary N) is 2. The number of nitrogens with zero attached hydrogens (tertiary/aromatic N) is 1. The van der Waals surface area contributed by atoms with Gasteiger partial charge in [-0.1, -0.05) is 24.3 Å². The Kier molecular flexibility index (Phi) is 5.87. The zero-order chi connectivity index (χ0) is 17.7. The van der Waals surface area contributed by atoms with Gasteiger partial charge in [0, 0.05) is 4.47 Å². The van der Waals surface area contributed by atoms with Crippen LogP contribution in [-0.4, -0.2) is 27.1 Å². The van der Waals surface area contributed by atoms with Crippen LogP contribution in [0.2, 0.25) is 0 Å². The number of hydrogen-bond donors (Lipinski definition) is 2. The van der Waals surface area contributed by atoms with E-state index in [-0.39, 0.29) is 10.8 Å². The average molecular weight is 410 g/mol. The van der Waals surface area contributed by atoms with Gasteiger partial charge < -0.3 is 0 Å². The van der Waals surface area contributed by atoms with Crippen molar-refractivity contribution in [3.8, 4) is 0 Å². The van der Waals surface area contributed by atoms with E-state index in [0.717, 1.165) is 0 Å². The molecule has 1 amide bonds. The van der Waals surface area contributed by atoms with E-state index in [1.807, 2.05) is 6.07 Å². The lowest BCUT2D eigenvalue weighted by Crippen LogP contribution is -2.20. The molecule has 0 atom stereocenters. The summed E-state index contributed by atoms with van der Waals surface area (Å²) in [4.78, 5) is 12.3. The Morgan fingerprint density at radius 3 is 2.29 bits per heavy atom. The smallest absolute Gasteiger partial charge is 0.267 e. The number of sulfonamides is 1. The third-order valence-electron chi connectivity index (χ3n) is 3.29. The highest BCUT2D eigenvalue weighted by atomic mass is 79.9. The van der Waals surface area contributed by atoms with Crippen molar-refractivity contribution in [2.45, 2.75) is 11.8 Å². The van der Waals surface area contributed by atoms with Gasteiger partial charge in [-0.25, -0.2) is 18.6 Å². The quantitative estimate of drug-likeness (QED) is 0.587. The topological polar surface area (TPSA) is 87.6 Å². The van der Waals surface area contributed by atoms with E-state index in [1.54, 1.807) is 37.3 Å². The number of carbonyl (C=O) groups excluding carboxylic acids is 1. The highest BCUT2D eigenvalue weighted by Crippen LogP contribution is 2.15. The van der Waals surface area contributed by atoms with E-state index in [4.69, 9.17) is 0 Å². The predicted octanol–water partition coefficient (Wildman–Crippen LogP) is 2.51. The number of benzene rings is 2. The molecule has 6 nitrogen and oxygen atoms in total. The van der Waals surface area contributed by atoms with Gasteiger partial charge in [-0.05, 0) is 59.7 Å². The minimum Gasteiger partial charge on any atom is -0.267 e. The van der Waals surface area contributed by atoms with Gasteiger partial charge in [0.2, 0.25) is 10.0 Å². The largest absolute Gasteiger partial charge is 0.272 e. The Hall–Kier alpha value is -2.03. The predicted molar refractivity (Wildman–Crippen MR) is 96.5 cm³/mol. The van der Waals surface area contributed by atoms with Crippen LogP contribution >= 0.6 is 15.9 Å². The second-order valence-electron chi connectivity index (χ2n) is 4.85. The second-order valence-corrected chi connectivity index (χ2v) is 7.59. The summed E-state index contributed by atoms with van der Waals surface area (Å²) in [5, 5.41) is 4.06. The zero-order valence-electron chi connectivity index (χ0n) is 13.1. The Morgan fingerprint density at radius 1 is 1.08 bits per heavy atom. The van der Waals surface area contributed by atoms with Gasteiger partial charge in [0.25, 0.3) is 5.91 Å². The summed E-state index contributed by atoms with van der Waals surface area (Å²) in [5.74, 6) is -0.337. The fraction of sp³-hybridized carbons (Fsp3) is 0.125. The van der Waals surface area contributed by atoms with Gasteiger partial charge in [-0.3, -0.25) is 4.79 Å². The van der Waals surface area contributed by atoms with E-state index in [2.05, 4.69) is 31.2 Å². The van der Waals surface area contributed by atoms with Crippen LogP contribution in [-0.2, 0) is 10.0 Å². The molecule has 0 saturated heterocycles.